The zero-order chi connectivity index (χ0) is 18.6. The van der Waals surface area contributed by atoms with Crippen LogP contribution in [-0.2, 0) is 14.9 Å². The summed E-state index contributed by atoms with van der Waals surface area (Å²) < 4.78 is 4.67. The van der Waals surface area contributed by atoms with E-state index in [9.17, 15) is 9.59 Å². The van der Waals surface area contributed by atoms with Gasteiger partial charge >= 0.3 is 5.97 Å². The topological polar surface area (TPSA) is 43.4 Å². The van der Waals surface area contributed by atoms with E-state index in [1.54, 1.807) is 30.3 Å². The molecule has 0 aromatic heterocycles. The monoisotopic (exact) mass is 356 g/mol. The van der Waals surface area contributed by atoms with Crippen LogP contribution in [0.4, 0.5) is 0 Å². The number of ether oxygens (including phenoxy) is 1. The van der Waals surface area contributed by atoms with E-state index in [2.05, 4.69) is 25.5 Å². The standard InChI is InChI=1S/C21H21ClO3/c1-21(2,3)17-11-9-15(10-12-17)18(19(22)23)13-14-5-7-16(8-6-14)20(24)25-4/h5-13H,1-4H3/b18-13+. The molecule has 2 aromatic rings. The molecular weight excluding hydrogens is 336 g/mol. The number of hydrogen-bond donors (Lipinski definition) is 0. The number of carbonyl (C=O) groups is 2. The maximum Gasteiger partial charge on any atom is 0.337 e. The van der Waals surface area contributed by atoms with Crippen LogP contribution in [0.2, 0.25) is 0 Å². The van der Waals surface area contributed by atoms with E-state index < -0.39 is 11.2 Å². The average Bonchev–Trinajstić information content (AvgIpc) is 2.58. The van der Waals surface area contributed by atoms with E-state index in [1.165, 1.54) is 12.7 Å². The molecule has 0 N–H and O–H groups in total. The minimum Gasteiger partial charge on any atom is -0.465 e. The Morgan fingerprint density at radius 2 is 1.44 bits per heavy atom. The number of benzene rings is 2. The van der Waals surface area contributed by atoms with Crippen molar-refractivity contribution in [1.82, 2.24) is 0 Å². The Morgan fingerprint density at radius 3 is 1.88 bits per heavy atom. The molecule has 3 nitrogen and oxygen atoms in total. The first kappa shape index (κ1) is 18.9. The number of hydrogen-bond acceptors (Lipinski definition) is 3. The Bertz CT molecular complexity index is 795. The first-order chi connectivity index (χ1) is 11.7. The van der Waals surface area contributed by atoms with Gasteiger partial charge in [-0.15, -0.1) is 0 Å². The summed E-state index contributed by atoms with van der Waals surface area (Å²) in [6.07, 6.45) is 1.71. The molecule has 2 aromatic carbocycles. The van der Waals surface area contributed by atoms with Crippen molar-refractivity contribution >= 4 is 34.5 Å². The fourth-order valence-corrected chi connectivity index (χ4v) is 2.57. The SMILES string of the molecule is COC(=O)c1ccc(/C=C(/C(=O)Cl)c2ccc(C(C)(C)C)cc2)cc1. The highest BCUT2D eigenvalue weighted by atomic mass is 35.5. The van der Waals surface area contributed by atoms with Gasteiger partial charge in [-0.3, -0.25) is 4.79 Å². The lowest BCUT2D eigenvalue weighted by atomic mass is 9.86. The second kappa shape index (κ2) is 7.66. The molecule has 2 rings (SSSR count). The van der Waals surface area contributed by atoms with Gasteiger partial charge in [-0.1, -0.05) is 57.2 Å². The minimum absolute atomic E-state index is 0.0388. The third-order valence-corrected chi connectivity index (χ3v) is 4.12. The summed E-state index contributed by atoms with van der Waals surface area (Å²) in [6.45, 7) is 6.40. The molecule has 0 saturated carbocycles. The average molecular weight is 357 g/mol. The van der Waals surface area contributed by atoms with Gasteiger partial charge in [0.1, 0.15) is 0 Å². The minimum atomic E-state index is -0.527. The van der Waals surface area contributed by atoms with Gasteiger partial charge in [-0.2, -0.15) is 0 Å². The molecule has 0 aliphatic carbocycles. The summed E-state index contributed by atoms with van der Waals surface area (Å²) in [5.41, 5.74) is 3.61. The van der Waals surface area contributed by atoms with Crippen LogP contribution < -0.4 is 0 Å². The normalized spacial score (nSPS) is 12.0. The summed E-state index contributed by atoms with van der Waals surface area (Å²) in [4.78, 5) is 23.4. The Hall–Kier alpha value is -2.39. The van der Waals surface area contributed by atoms with Crippen molar-refractivity contribution in [3.05, 3.63) is 70.8 Å². The second-order valence-corrected chi connectivity index (χ2v) is 7.12. The van der Waals surface area contributed by atoms with Crippen LogP contribution in [0.3, 0.4) is 0 Å². The maximum atomic E-state index is 11.9. The van der Waals surface area contributed by atoms with Gasteiger partial charge in [-0.05, 0) is 51.9 Å². The lowest BCUT2D eigenvalue weighted by Crippen LogP contribution is -2.10. The predicted octanol–water partition coefficient (Wildman–Crippen LogP) is 5.08. The van der Waals surface area contributed by atoms with Crippen molar-refractivity contribution in [3.8, 4) is 0 Å². The van der Waals surface area contributed by atoms with Crippen molar-refractivity contribution in [2.24, 2.45) is 0 Å². The first-order valence-corrected chi connectivity index (χ1v) is 8.31. The first-order valence-electron chi connectivity index (χ1n) is 7.93. The van der Waals surface area contributed by atoms with Gasteiger partial charge in [0.2, 0.25) is 0 Å². The number of rotatable bonds is 4. The molecular formula is C21H21ClO3. The fourth-order valence-electron chi connectivity index (χ4n) is 2.40. The number of methoxy groups -OCH3 is 1. The smallest absolute Gasteiger partial charge is 0.337 e. The highest BCUT2D eigenvalue weighted by molar-refractivity contribution is 6.75. The van der Waals surface area contributed by atoms with Crippen LogP contribution in [0.15, 0.2) is 48.5 Å². The molecule has 0 aliphatic rings. The van der Waals surface area contributed by atoms with Crippen LogP contribution in [-0.4, -0.2) is 18.3 Å². The zero-order valence-corrected chi connectivity index (χ0v) is 15.6. The summed E-state index contributed by atoms with van der Waals surface area (Å²) in [6, 6.07) is 14.6. The van der Waals surface area contributed by atoms with Crippen molar-refractivity contribution in [3.63, 3.8) is 0 Å². The van der Waals surface area contributed by atoms with E-state index in [1.807, 2.05) is 24.3 Å². The molecule has 0 aliphatic heterocycles. The number of allylic oxidation sites excluding steroid dienone is 1. The Kier molecular flexibility index (Phi) is 5.81. The highest BCUT2D eigenvalue weighted by Crippen LogP contribution is 2.26. The Morgan fingerprint density at radius 1 is 0.920 bits per heavy atom. The van der Waals surface area contributed by atoms with Crippen molar-refractivity contribution in [1.29, 1.82) is 0 Å². The van der Waals surface area contributed by atoms with E-state index >= 15 is 0 Å². The molecule has 0 amide bonds. The van der Waals surface area contributed by atoms with Crippen LogP contribution in [0.5, 0.6) is 0 Å². The fraction of sp³-hybridized carbons (Fsp3) is 0.238. The largest absolute Gasteiger partial charge is 0.465 e. The quantitative estimate of drug-likeness (QED) is 0.332. The van der Waals surface area contributed by atoms with Gasteiger partial charge in [0.25, 0.3) is 5.24 Å². The van der Waals surface area contributed by atoms with Gasteiger partial charge < -0.3 is 4.74 Å². The van der Waals surface area contributed by atoms with Crippen LogP contribution >= 0.6 is 11.6 Å². The van der Waals surface area contributed by atoms with Gasteiger partial charge in [-0.25, -0.2) is 4.79 Å². The molecule has 0 saturated heterocycles. The number of halogens is 1. The van der Waals surface area contributed by atoms with E-state index in [0.717, 1.165) is 11.1 Å². The second-order valence-electron chi connectivity index (χ2n) is 6.77. The van der Waals surface area contributed by atoms with Crippen LogP contribution in [0.1, 0.15) is 47.8 Å². The van der Waals surface area contributed by atoms with Gasteiger partial charge in [0.15, 0.2) is 0 Å². The molecule has 25 heavy (non-hydrogen) atoms. The van der Waals surface area contributed by atoms with E-state index in [-0.39, 0.29) is 5.41 Å². The van der Waals surface area contributed by atoms with Crippen LogP contribution in [0, 0.1) is 0 Å². The molecule has 0 atom stereocenters. The summed E-state index contributed by atoms with van der Waals surface area (Å²) >= 11 is 5.78. The van der Waals surface area contributed by atoms with Gasteiger partial charge in [0, 0.05) is 5.57 Å². The molecule has 0 fully saturated rings. The Balaban J connectivity index is 2.36. The summed E-state index contributed by atoms with van der Waals surface area (Å²) in [5.74, 6) is -0.401. The number of carbonyl (C=O) groups excluding carboxylic acids is 2. The lowest BCUT2D eigenvalue weighted by Gasteiger charge is -2.19. The predicted molar refractivity (Wildman–Crippen MR) is 102 cm³/mol. The van der Waals surface area contributed by atoms with E-state index in [4.69, 9.17) is 11.6 Å². The molecule has 0 unspecified atom stereocenters. The van der Waals surface area contributed by atoms with E-state index in [0.29, 0.717) is 11.1 Å². The molecule has 0 radical (unpaired) electrons. The summed E-state index contributed by atoms with van der Waals surface area (Å²) in [5, 5.41) is -0.527. The third-order valence-electron chi connectivity index (χ3n) is 3.92. The molecule has 130 valence electrons. The van der Waals surface area contributed by atoms with Crippen LogP contribution in [0.25, 0.3) is 11.6 Å². The summed E-state index contributed by atoms with van der Waals surface area (Å²) in [7, 11) is 1.33. The Labute approximate surface area is 153 Å². The molecule has 4 heteroatoms. The molecule has 0 heterocycles. The van der Waals surface area contributed by atoms with Crippen molar-refractivity contribution in [2.45, 2.75) is 26.2 Å². The van der Waals surface area contributed by atoms with Crippen molar-refractivity contribution < 1.29 is 14.3 Å². The maximum absolute atomic E-state index is 11.9. The highest BCUT2D eigenvalue weighted by Gasteiger charge is 2.15. The lowest BCUT2D eigenvalue weighted by molar-refractivity contribution is -0.106. The molecule has 0 spiro atoms. The zero-order valence-electron chi connectivity index (χ0n) is 14.8. The third kappa shape index (κ3) is 4.80. The van der Waals surface area contributed by atoms with Crippen molar-refractivity contribution in [2.75, 3.05) is 7.11 Å². The molecule has 0 bridgehead atoms. The number of esters is 1. The van der Waals surface area contributed by atoms with Gasteiger partial charge in [0.05, 0.1) is 12.7 Å².